The summed E-state index contributed by atoms with van der Waals surface area (Å²) < 4.78 is 52.5. The van der Waals surface area contributed by atoms with Gasteiger partial charge in [-0.3, -0.25) is 0 Å². The molecule has 0 aliphatic carbocycles. The maximum atomic E-state index is 12.9. The lowest BCUT2D eigenvalue weighted by atomic mass is 9.76. The molecule has 100 valence electrons. The molecule has 0 N–H and O–H groups in total. The number of halogens is 3. The molecular formula is C10H11BF3O4-. The van der Waals surface area contributed by atoms with Crippen LogP contribution in [-0.2, 0) is 4.74 Å². The van der Waals surface area contributed by atoms with Crippen LogP contribution in [0.5, 0.6) is 11.5 Å². The van der Waals surface area contributed by atoms with E-state index >= 15 is 0 Å². The lowest BCUT2D eigenvalue weighted by Crippen LogP contribution is -2.38. The Morgan fingerprint density at radius 1 is 1.06 bits per heavy atom. The molecule has 4 nitrogen and oxygen atoms in total. The minimum absolute atomic E-state index is 0.0294. The fourth-order valence-electron chi connectivity index (χ4n) is 1.45. The fourth-order valence-corrected chi connectivity index (χ4v) is 1.45. The van der Waals surface area contributed by atoms with Crippen LogP contribution in [0.1, 0.15) is 10.4 Å². The van der Waals surface area contributed by atoms with E-state index in [-0.39, 0.29) is 11.5 Å². The average molecular weight is 263 g/mol. The number of ether oxygens (including phenoxy) is 3. The van der Waals surface area contributed by atoms with Gasteiger partial charge >= 0.3 is 12.9 Å². The standard InChI is InChI=1S/C10H11BF3O4/c1-16-8-4-6(10(15)18-3)7(11(12,13)14)5-9(8)17-2/h4-5H,1-3H3/q-1. The van der Waals surface area contributed by atoms with Gasteiger partial charge in [0.2, 0.25) is 0 Å². The smallest absolute Gasteiger partial charge is 0.493 e. The molecule has 0 spiro atoms. The number of esters is 1. The van der Waals surface area contributed by atoms with Crippen molar-refractivity contribution in [2.24, 2.45) is 0 Å². The Bertz CT molecular complexity index is 459. The minimum atomic E-state index is -5.36. The van der Waals surface area contributed by atoms with Crippen LogP contribution in [0, 0.1) is 0 Å². The number of hydrogen-bond donors (Lipinski definition) is 0. The van der Waals surface area contributed by atoms with Crippen LogP contribution in [0.3, 0.4) is 0 Å². The second-order valence-electron chi connectivity index (χ2n) is 3.36. The summed E-state index contributed by atoms with van der Waals surface area (Å²) in [5, 5.41) is 0. The molecule has 0 fully saturated rings. The molecule has 0 aromatic heterocycles. The van der Waals surface area contributed by atoms with Gasteiger partial charge in [-0.1, -0.05) is 5.46 Å². The predicted molar refractivity (Wildman–Crippen MR) is 59.6 cm³/mol. The first-order valence-corrected chi connectivity index (χ1v) is 4.89. The SMILES string of the molecule is COC(=O)c1cc(OC)c(OC)cc1[B-](F)(F)F. The summed E-state index contributed by atoms with van der Waals surface area (Å²) in [6.45, 7) is -5.36. The van der Waals surface area contributed by atoms with Crippen LogP contribution in [0.2, 0.25) is 0 Å². The highest BCUT2D eigenvalue weighted by Gasteiger charge is 2.32. The van der Waals surface area contributed by atoms with Gasteiger partial charge in [0.15, 0.2) is 11.5 Å². The number of benzene rings is 1. The first kappa shape index (κ1) is 14.2. The zero-order chi connectivity index (χ0) is 13.9. The summed E-state index contributed by atoms with van der Waals surface area (Å²) in [5.74, 6) is -1.15. The Hall–Kier alpha value is -1.86. The Kier molecular flexibility index (Phi) is 4.10. The third kappa shape index (κ3) is 2.69. The fraction of sp³-hybridized carbons (Fsp3) is 0.300. The van der Waals surface area contributed by atoms with Crippen molar-refractivity contribution in [2.75, 3.05) is 21.3 Å². The summed E-state index contributed by atoms with van der Waals surface area (Å²) in [4.78, 5) is 11.3. The second-order valence-corrected chi connectivity index (χ2v) is 3.36. The molecule has 1 aromatic carbocycles. The van der Waals surface area contributed by atoms with E-state index in [0.717, 1.165) is 19.2 Å². The molecule has 0 amide bonds. The van der Waals surface area contributed by atoms with Crippen LogP contribution in [0.4, 0.5) is 12.9 Å². The Labute approximate surface area is 102 Å². The third-order valence-corrected chi connectivity index (χ3v) is 2.31. The largest absolute Gasteiger partial charge is 0.510 e. The van der Waals surface area contributed by atoms with Crippen molar-refractivity contribution in [3.05, 3.63) is 17.7 Å². The summed E-state index contributed by atoms with van der Waals surface area (Å²) in [6.07, 6.45) is 0. The normalized spacial score (nSPS) is 11.0. The Balaban J connectivity index is 3.51. The molecule has 0 bridgehead atoms. The average Bonchev–Trinajstić information content (AvgIpc) is 2.34. The monoisotopic (exact) mass is 263 g/mol. The van der Waals surface area contributed by atoms with Crippen LogP contribution in [0.15, 0.2) is 12.1 Å². The van der Waals surface area contributed by atoms with Gasteiger partial charge in [0.05, 0.1) is 21.3 Å². The van der Waals surface area contributed by atoms with Gasteiger partial charge in [0.1, 0.15) is 0 Å². The van der Waals surface area contributed by atoms with Crippen molar-refractivity contribution >= 4 is 18.4 Å². The molecule has 0 unspecified atom stereocenters. The van der Waals surface area contributed by atoms with Crippen molar-refractivity contribution in [3.8, 4) is 11.5 Å². The number of carbonyl (C=O) groups excluding carboxylic acids is 1. The van der Waals surface area contributed by atoms with Crippen molar-refractivity contribution < 1.29 is 32.0 Å². The van der Waals surface area contributed by atoms with Gasteiger partial charge in [0.25, 0.3) is 0 Å². The van der Waals surface area contributed by atoms with Crippen LogP contribution < -0.4 is 14.9 Å². The van der Waals surface area contributed by atoms with Gasteiger partial charge in [-0.15, -0.1) is 0 Å². The summed E-state index contributed by atoms with van der Waals surface area (Å²) in [5.41, 5.74) is -1.66. The molecule has 0 heterocycles. The molecule has 18 heavy (non-hydrogen) atoms. The highest BCUT2D eigenvalue weighted by Crippen LogP contribution is 2.29. The maximum Gasteiger partial charge on any atom is 0.510 e. The zero-order valence-electron chi connectivity index (χ0n) is 10.00. The van der Waals surface area contributed by atoms with Gasteiger partial charge in [-0.2, -0.15) is 0 Å². The van der Waals surface area contributed by atoms with Crippen molar-refractivity contribution in [1.29, 1.82) is 0 Å². The first-order valence-electron chi connectivity index (χ1n) is 4.89. The van der Waals surface area contributed by atoms with Gasteiger partial charge in [-0.05, 0) is 12.1 Å². The van der Waals surface area contributed by atoms with Crippen LogP contribution >= 0.6 is 0 Å². The number of rotatable bonds is 4. The molecule has 1 rings (SSSR count). The lowest BCUT2D eigenvalue weighted by Gasteiger charge is -2.20. The molecule has 1 aromatic rings. The van der Waals surface area contributed by atoms with Crippen molar-refractivity contribution in [2.45, 2.75) is 0 Å². The van der Waals surface area contributed by atoms with Gasteiger partial charge in [-0.25, -0.2) is 4.79 Å². The summed E-state index contributed by atoms with van der Waals surface area (Å²) in [6, 6.07) is 1.68. The number of carbonyl (C=O) groups is 1. The van der Waals surface area contributed by atoms with E-state index in [4.69, 9.17) is 9.47 Å². The first-order chi connectivity index (χ1) is 8.35. The van der Waals surface area contributed by atoms with E-state index in [0.29, 0.717) is 0 Å². The van der Waals surface area contributed by atoms with Gasteiger partial charge < -0.3 is 27.2 Å². The molecule has 0 atom stereocenters. The maximum absolute atomic E-state index is 12.9. The second kappa shape index (κ2) is 5.20. The van der Waals surface area contributed by atoms with E-state index in [2.05, 4.69) is 4.74 Å². The number of methoxy groups -OCH3 is 3. The van der Waals surface area contributed by atoms with E-state index in [1.165, 1.54) is 14.2 Å². The molecule has 0 aliphatic heterocycles. The Morgan fingerprint density at radius 3 is 1.94 bits per heavy atom. The quantitative estimate of drug-likeness (QED) is 0.610. The van der Waals surface area contributed by atoms with Crippen LogP contribution in [0.25, 0.3) is 0 Å². The van der Waals surface area contributed by atoms with Gasteiger partial charge in [0, 0.05) is 5.56 Å². The number of hydrogen-bond acceptors (Lipinski definition) is 4. The highest BCUT2D eigenvalue weighted by molar-refractivity contribution is 6.74. The zero-order valence-corrected chi connectivity index (χ0v) is 10.00. The van der Waals surface area contributed by atoms with Crippen molar-refractivity contribution in [1.82, 2.24) is 0 Å². The highest BCUT2D eigenvalue weighted by atomic mass is 19.4. The predicted octanol–water partition coefficient (Wildman–Crippen LogP) is 1.54. The molecule has 0 saturated carbocycles. The minimum Gasteiger partial charge on any atom is -0.493 e. The molecule has 0 radical (unpaired) electrons. The topological polar surface area (TPSA) is 44.8 Å². The van der Waals surface area contributed by atoms with E-state index in [1.54, 1.807) is 0 Å². The van der Waals surface area contributed by atoms with E-state index < -0.39 is 24.0 Å². The van der Waals surface area contributed by atoms with Crippen LogP contribution in [-0.4, -0.2) is 34.3 Å². The van der Waals surface area contributed by atoms with E-state index in [1.807, 2.05) is 0 Å². The summed E-state index contributed by atoms with van der Waals surface area (Å²) >= 11 is 0. The molecule has 0 saturated heterocycles. The molecule has 0 aliphatic rings. The molecular weight excluding hydrogens is 252 g/mol. The molecule has 8 heteroatoms. The van der Waals surface area contributed by atoms with E-state index in [9.17, 15) is 17.7 Å². The lowest BCUT2D eigenvalue weighted by molar-refractivity contribution is 0.0601. The summed E-state index contributed by atoms with van der Waals surface area (Å²) in [7, 11) is 3.48. The third-order valence-electron chi connectivity index (χ3n) is 2.31. The Morgan fingerprint density at radius 2 is 1.56 bits per heavy atom. The van der Waals surface area contributed by atoms with Crippen molar-refractivity contribution in [3.63, 3.8) is 0 Å².